The molecule has 0 aliphatic carbocycles. The zero-order valence-corrected chi connectivity index (χ0v) is 16.7. The van der Waals surface area contributed by atoms with Crippen molar-refractivity contribution in [3.05, 3.63) is 69.2 Å². The third-order valence-electron chi connectivity index (χ3n) is 4.54. The Hall–Kier alpha value is -1.69. The van der Waals surface area contributed by atoms with E-state index in [9.17, 15) is 4.79 Å². The maximum absolute atomic E-state index is 12.3. The number of piperidine rings is 1. The molecule has 0 unspecified atom stereocenters. The fourth-order valence-electron chi connectivity index (χ4n) is 3.01. The van der Waals surface area contributed by atoms with E-state index in [2.05, 4.69) is 43.5 Å². The molecule has 1 N–H and O–H groups in total. The summed E-state index contributed by atoms with van der Waals surface area (Å²) in [6.45, 7) is 2.72. The van der Waals surface area contributed by atoms with Gasteiger partial charge in [0, 0.05) is 22.0 Å². The Morgan fingerprint density at radius 1 is 1.15 bits per heavy atom. The molecular weight excluding hydrogens is 414 g/mol. The minimum Gasteiger partial charge on any atom is -0.299 e. The first kappa shape index (κ1) is 19.1. The molecule has 0 radical (unpaired) electrons. The molecule has 1 saturated heterocycles. The van der Waals surface area contributed by atoms with Gasteiger partial charge in [0.15, 0.2) is 0 Å². The summed E-state index contributed by atoms with van der Waals surface area (Å²) >= 11 is 9.32. The summed E-state index contributed by atoms with van der Waals surface area (Å²) < 4.78 is 1.02. The van der Waals surface area contributed by atoms with Crippen LogP contribution in [0, 0.1) is 5.92 Å². The van der Waals surface area contributed by atoms with Gasteiger partial charge < -0.3 is 0 Å². The highest BCUT2D eigenvalue weighted by Crippen LogP contribution is 2.20. The van der Waals surface area contributed by atoms with Gasteiger partial charge >= 0.3 is 0 Å². The van der Waals surface area contributed by atoms with Gasteiger partial charge in [-0.3, -0.25) is 9.69 Å². The summed E-state index contributed by atoms with van der Waals surface area (Å²) in [5.74, 6) is 0.0306. The maximum Gasteiger partial charge on any atom is 0.243 e. The van der Waals surface area contributed by atoms with Crippen LogP contribution in [0.1, 0.15) is 24.0 Å². The lowest BCUT2D eigenvalue weighted by molar-refractivity contribution is -0.126. The molecule has 1 heterocycles. The lowest BCUT2D eigenvalue weighted by atomic mass is 9.96. The minimum atomic E-state index is 0.00417. The first-order chi connectivity index (χ1) is 12.6. The SMILES string of the molecule is O=C(N/N=C\c1ccc(Br)cc1)C1CCN(Cc2ccc(Cl)cc2)CC1. The summed E-state index contributed by atoms with van der Waals surface area (Å²) in [5.41, 5.74) is 4.87. The number of carbonyl (C=O) groups excluding carboxylic acids is 1. The summed E-state index contributed by atoms with van der Waals surface area (Å²) in [7, 11) is 0. The Morgan fingerprint density at radius 3 is 2.46 bits per heavy atom. The third kappa shape index (κ3) is 5.66. The molecule has 6 heteroatoms. The van der Waals surface area contributed by atoms with Crippen LogP contribution in [0.2, 0.25) is 5.02 Å². The fourth-order valence-corrected chi connectivity index (χ4v) is 3.40. The second kappa shape index (κ2) is 9.31. The van der Waals surface area contributed by atoms with E-state index in [-0.39, 0.29) is 11.8 Å². The number of benzene rings is 2. The second-order valence-electron chi connectivity index (χ2n) is 6.46. The lowest BCUT2D eigenvalue weighted by Gasteiger charge is -2.30. The van der Waals surface area contributed by atoms with E-state index in [0.717, 1.165) is 47.5 Å². The quantitative estimate of drug-likeness (QED) is 0.557. The Labute approximate surface area is 167 Å². The number of nitrogens with one attached hydrogen (secondary N) is 1. The van der Waals surface area contributed by atoms with Crippen molar-refractivity contribution in [3.63, 3.8) is 0 Å². The zero-order valence-electron chi connectivity index (χ0n) is 14.4. The van der Waals surface area contributed by atoms with Gasteiger partial charge in [-0.25, -0.2) is 5.43 Å². The summed E-state index contributed by atoms with van der Waals surface area (Å²) in [6.07, 6.45) is 3.38. The normalized spacial score (nSPS) is 16.1. The van der Waals surface area contributed by atoms with Crippen LogP contribution in [0.25, 0.3) is 0 Å². The van der Waals surface area contributed by atoms with Gasteiger partial charge in [0.1, 0.15) is 0 Å². The van der Waals surface area contributed by atoms with Crippen molar-refractivity contribution in [1.82, 2.24) is 10.3 Å². The number of hydrogen-bond acceptors (Lipinski definition) is 3. The number of hydrazone groups is 1. The van der Waals surface area contributed by atoms with Crippen molar-refractivity contribution >= 4 is 39.7 Å². The molecule has 0 saturated carbocycles. The van der Waals surface area contributed by atoms with Gasteiger partial charge in [0.2, 0.25) is 5.91 Å². The Balaban J connectivity index is 1.43. The highest BCUT2D eigenvalue weighted by molar-refractivity contribution is 9.10. The van der Waals surface area contributed by atoms with Crippen LogP contribution in [-0.2, 0) is 11.3 Å². The largest absolute Gasteiger partial charge is 0.299 e. The molecule has 2 aromatic carbocycles. The smallest absolute Gasteiger partial charge is 0.243 e. The van der Waals surface area contributed by atoms with Gasteiger partial charge in [-0.1, -0.05) is 51.8 Å². The van der Waals surface area contributed by atoms with Crippen molar-refractivity contribution in [2.45, 2.75) is 19.4 Å². The van der Waals surface area contributed by atoms with Gasteiger partial charge in [0.25, 0.3) is 0 Å². The van der Waals surface area contributed by atoms with Crippen LogP contribution in [0.3, 0.4) is 0 Å². The molecule has 26 heavy (non-hydrogen) atoms. The molecule has 2 aromatic rings. The molecule has 0 atom stereocenters. The number of carbonyl (C=O) groups is 1. The van der Waals surface area contributed by atoms with E-state index < -0.39 is 0 Å². The van der Waals surface area contributed by atoms with Crippen molar-refractivity contribution in [2.75, 3.05) is 13.1 Å². The molecule has 0 bridgehead atoms. The van der Waals surface area contributed by atoms with E-state index >= 15 is 0 Å². The fraction of sp³-hybridized carbons (Fsp3) is 0.300. The first-order valence-electron chi connectivity index (χ1n) is 8.65. The lowest BCUT2D eigenvalue weighted by Crippen LogP contribution is -2.39. The molecule has 0 spiro atoms. The number of rotatable bonds is 5. The van der Waals surface area contributed by atoms with Crippen LogP contribution < -0.4 is 5.43 Å². The predicted molar refractivity (Wildman–Crippen MR) is 109 cm³/mol. The summed E-state index contributed by atoms with van der Waals surface area (Å²) in [6, 6.07) is 15.7. The van der Waals surface area contributed by atoms with Crippen molar-refractivity contribution in [1.29, 1.82) is 0 Å². The molecule has 136 valence electrons. The number of hydrogen-bond donors (Lipinski definition) is 1. The van der Waals surface area contributed by atoms with Gasteiger partial charge in [-0.15, -0.1) is 0 Å². The summed E-state index contributed by atoms with van der Waals surface area (Å²) in [5, 5.41) is 4.83. The van der Waals surface area contributed by atoms with Crippen molar-refractivity contribution in [3.8, 4) is 0 Å². The third-order valence-corrected chi connectivity index (χ3v) is 5.32. The van der Waals surface area contributed by atoms with Crippen LogP contribution in [0.15, 0.2) is 58.1 Å². The van der Waals surface area contributed by atoms with Gasteiger partial charge in [-0.05, 0) is 61.3 Å². The number of nitrogens with zero attached hydrogens (tertiary/aromatic N) is 2. The molecule has 1 aliphatic heterocycles. The van der Waals surface area contributed by atoms with Crippen LogP contribution in [0.5, 0.6) is 0 Å². The number of likely N-dealkylation sites (tertiary alicyclic amines) is 1. The Kier molecular flexibility index (Phi) is 6.83. The molecule has 0 aromatic heterocycles. The minimum absolute atomic E-state index is 0.00417. The Morgan fingerprint density at radius 2 is 1.81 bits per heavy atom. The standard InChI is InChI=1S/C20H21BrClN3O/c21-18-5-1-15(2-6-18)13-23-24-20(26)17-9-11-25(12-10-17)14-16-3-7-19(22)8-4-16/h1-8,13,17H,9-12,14H2,(H,24,26)/b23-13-. The topological polar surface area (TPSA) is 44.7 Å². The molecule has 1 fully saturated rings. The van der Waals surface area contributed by atoms with E-state index in [1.807, 2.05) is 36.4 Å². The Bertz CT molecular complexity index is 754. The molecule has 1 aliphatic rings. The van der Waals surface area contributed by atoms with Gasteiger partial charge in [0.05, 0.1) is 6.21 Å². The van der Waals surface area contributed by atoms with E-state index in [0.29, 0.717) is 0 Å². The highest BCUT2D eigenvalue weighted by atomic mass is 79.9. The van der Waals surface area contributed by atoms with Gasteiger partial charge in [-0.2, -0.15) is 5.10 Å². The maximum atomic E-state index is 12.3. The monoisotopic (exact) mass is 433 g/mol. The first-order valence-corrected chi connectivity index (χ1v) is 9.82. The van der Waals surface area contributed by atoms with E-state index in [1.165, 1.54) is 5.56 Å². The van der Waals surface area contributed by atoms with E-state index in [4.69, 9.17) is 11.6 Å². The van der Waals surface area contributed by atoms with Crippen molar-refractivity contribution in [2.24, 2.45) is 11.0 Å². The predicted octanol–water partition coefficient (Wildman–Crippen LogP) is 4.46. The van der Waals surface area contributed by atoms with Crippen LogP contribution in [-0.4, -0.2) is 30.1 Å². The van der Waals surface area contributed by atoms with Crippen molar-refractivity contribution < 1.29 is 4.79 Å². The molecule has 1 amide bonds. The number of halogens is 2. The zero-order chi connectivity index (χ0) is 18.4. The highest BCUT2D eigenvalue weighted by Gasteiger charge is 2.24. The number of amides is 1. The summed E-state index contributed by atoms with van der Waals surface area (Å²) in [4.78, 5) is 14.7. The average molecular weight is 435 g/mol. The van der Waals surface area contributed by atoms with Crippen LogP contribution in [0.4, 0.5) is 0 Å². The molecular formula is C20H21BrClN3O. The van der Waals surface area contributed by atoms with E-state index in [1.54, 1.807) is 6.21 Å². The second-order valence-corrected chi connectivity index (χ2v) is 7.81. The molecule has 4 nitrogen and oxygen atoms in total. The van der Waals surface area contributed by atoms with Crippen LogP contribution >= 0.6 is 27.5 Å². The molecule has 3 rings (SSSR count). The average Bonchev–Trinajstić information content (AvgIpc) is 2.66.